The summed E-state index contributed by atoms with van der Waals surface area (Å²) in [5.41, 5.74) is 1.06. The van der Waals surface area contributed by atoms with E-state index in [1.165, 1.54) is 0 Å². The molecule has 5 nitrogen and oxygen atoms in total. The van der Waals surface area contributed by atoms with E-state index in [9.17, 15) is 13.2 Å². The lowest BCUT2D eigenvalue weighted by Crippen LogP contribution is -2.43. The molecular formula is C16H23ClN2O3S. The molecule has 1 aromatic rings. The van der Waals surface area contributed by atoms with Gasteiger partial charge in [-0.25, -0.2) is 8.42 Å². The van der Waals surface area contributed by atoms with Gasteiger partial charge in [-0.3, -0.25) is 9.69 Å². The summed E-state index contributed by atoms with van der Waals surface area (Å²) >= 11 is 6.14. The number of nitrogens with zero attached hydrogens (tertiary/aromatic N) is 1. The molecule has 1 heterocycles. The van der Waals surface area contributed by atoms with Crippen LogP contribution in [0.2, 0.25) is 5.02 Å². The van der Waals surface area contributed by atoms with Crippen LogP contribution >= 0.6 is 11.6 Å². The minimum absolute atomic E-state index is 0.0600. The lowest BCUT2D eigenvalue weighted by Gasteiger charge is -2.21. The largest absolute Gasteiger partial charge is 0.351 e. The Bertz CT molecular complexity index is 648. The van der Waals surface area contributed by atoms with E-state index in [0.29, 0.717) is 6.42 Å². The fourth-order valence-corrected chi connectivity index (χ4v) is 4.62. The molecule has 0 unspecified atom stereocenters. The Morgan fingerprint density at radius 3 is 2.74 bits per heavy atom. The summed E-state index contributed by atoms with van der Waals surface area (Å²) in [6.07, 6.45) is 1.29. The van der Waals surface area contributed by atoms with Gasteiger partial charge in [0.1, 0.15) is 0 Å². The number of benzene rings is 1. The minimum atomic E-state index is -2.97. The van der Waals surface area contributed by atoms with E-state index in [0.717, 1.165) is 30.1 Å². The van der Waals surface area contributed by atoms with Crippen LogP contribution in [0.3, 0.4) is 0 Å². The van der Waals surface area contributed by atoms with Crippen LogP contribution in [-0.4, -0.2) is 56.4 Å². The van der Waals surface area contributed by atoms with Gasteiger partial charge in [0.25, 0.3) is 0 Å². The van der Waals surface area contributed by atoms with Gasteiger partial charge in [-0.1, -0.05) is 36.7 Å². The van der Waals surface area contributed by atoms with Crippen molar-refractivity contribution in [2.45, 2.75) is 25.8 Å². The van der Waals surface area contributed by atoms with Gasteiger partial charge in [0, 0.05) is 17.6 Å². The SMILES string of the molecule is CCN(CCc1ccccc1Cl)CC(=O)N[C@@H]1CCS(=O)(=O)C1. The van der Waals surface area contributed by atoms with Crippen molar-refractivity contribution >= 4 is 27.3 Å². The van der Waals surface area contributed by atoms with Gasteiger partial charge in [0.2, 0.25) is 5.91 Å². The highest BCUT2D eigenvalue weighted by atomic mass is 35.5. The number of carbonyl (C=O) groups excluding carboxylic acids is 1. The maximum absolute atomic E-state index is 12.1. The topological polar surface area (TPSA) is 66.5 Å². The first-order chi connectivity index (χ1) is 10.9. The molecule has 1 fully saturated rings. The van der Waals surface area contributed by atoms with Crippen molar-refractivity contribution in [2.75, 3.05) is 31.1 Å². The Morgan fingerprint density at radius 2 is 2.13 bits per heavy atom. The quantitative estimate of drug-likeness (QED) is 0.802. The fourth-order valence-electron chi connectivity index (χ4n) is 2.71. The number of likely N-dealkylation sites (N-methyl/N-ethyl adjacent to an activating group) is 1. The van der Waals surface area contributed by atoms with Crippen LogP contribution in [0.5, 0.6) is 0 Å². The molecule has 0 saturated carbocycles. The second-order valence-electron chi connectivity index (χ2n) is 5.88. The molecule has 0 bridgehead atoms. The standard InChI is InChI=1S/C16H23ClN2O3S/c1-2-19(9-7-13-5-3-4-6-15(13)17)11-16(20)18-14-8-10-23(21,22)12-14/h3-6,14H,2,7-12H2,1H3,(H,18,20)/t14-/m1/s1. The number of rotatable bonds is 7. The third-order valence-corrected chi connectivity index (χ3v) is 6.20. The Labute approximate surface area is 142 Å². The molecule has 7 heteroatoms. The van der Waals surface area contributed by atoms with Crippen LogP contribution in [0, 0.1) is 0 Å². The Balaban J connectivity index is 1.80. The van der Waals surface area contributed by atoms with Gasteiger partial charge in [0.15, 0.2) is 9.84 Å². The predicted octanol–water partition coefficient (Wildman–Crippen LogP) is 1.51. The molecule has 0 aliphatic carbocycles. The van der Waals surface area contributed by atoms with Gasteiger partial charge in [-0.15, -0.1) is 0 Å². The third-order valence-electron chi connectivity index (χ3n) is 4.07. The minimum Gasteiger partial charge on any atom is -0.351 e. The van der Waals surface area contributed by atoms with Gasteiger partial charge in [0.05, 0.1) is 18.1 Å². The molecule has 1 atom stereocenters. The number of sulfone groups is 1. The van der Waals surface area contributed by atoms with Crippen LogP contribution in [0.1, 0.15) is 18.9 Å². The number of hydrogen-bond acceptors (Lipinski definition) is 4. The predicted molar refractivity (Wildman–Crippen MR) is 92.5 cm³/mol. The van der Waals surface area contributed by atoms with Crippen molar-refractivity contribution in [2.24, 2.45) is 0 Å². The smallest absolute Gasteiger partial charge is 0.234 e. The first-order valence-electron chi connectivity index (χ1n) is 7.85. The molecule has 1 N–H and O–H groups in total. The Kier molecular flexibility index (Phi) is 6.44. The number of carbonyl (C=O) groups is 1. The first-order valence-corrected chi connectivity index (χ1v) is 10.0. The second-order valence-corrected chi connectivity index (χ2v) is 8.51. The monoisotopic (exact) mass is 358 g/mol. The third kappa shape index (κ3) is 5.79. The van der Waals surface area contributed by atoms with E-state index in [4.69, 9.17) is 11.6 Å². The van der Waals surface area contributed by atoms with Gasteiger partial charge in [-0.2, -0.15) is 0 Å². The summed E-state index contributed by atoms with van der Waals surface area (Å²) in [4.78, 5) is 14.1. The molecule has 1 aliphatic rings. The average molecular weight is 359 g/mol. The summed E-state index contributed by atoms with van der Waals surface area (Å²) in [7, 11) is -2.97. The maximum Gasteiger partial charge on any atom is 0.234 e. The molecule has 2 rings (SSSR count). The number of hydrogen-bond donors (Lipinski definition) is 1. The summed E-state index contributed by atoms with van der Waals surface area (Å²) in [6, 6.07) is 7.45. The van der Waals surface area contributed by atoms with Crippen LogP contribution in [0.15, 0.2) is 24.3 Å². The molecule has 1 aliphatic heterocycles. The van der Waals surface area contributed by atoms with E-state index in [-0.39, 0.29) is 30.0 Å². The van der Waals surface area contributed by atoms with Gasteiger partial charge in [-0.05, 0) is 31.0 Å². The van der Waals surface area contributed by atoms with Crippen molar-refractivity contribution in [3.05, 3.63) is 34.9 Å². The summed E-state index contributed by atoms with van der Waals surface area (Å²) < 4.78 is 22.8. The molecule has 0 spiro atoms. The van der Waals surface area contributed by atoms with Crippen LogP contribution < -0.4 is 5.32 Å². The molecule has 23 heavy (non-hydrogen) atoms. The summed E-state index contributed by atoms with van der Waals surface area (Å²) in [5, 5.41) is 3.56. The summed E-state index contributed by atoms with van der Waals surface area (Å²) in [5.74, 6) is 0.111. The van der Waals surface area contributed by atoms with Crippen LogP contribution in [-0.2, 0) is 21.1 Å². The zero-order valence-electron chi connectivity index (χ0n) is 13.3. The Hall–Kier alpha value is -1.11. The van der Waals surface area contributed by atoms with E-state index >= 15 is 0 Å². The van der Waals surface area contributed by atoms with Crippen molar-refractivity contribution in [1.82, 2.24) is 10.2 Å². The zero-order valence-corrected chi connectivity index (χ0v) is 14.9. The number of amides is 1. The molecule has 1 saturated heterocycles. The van der Waals surface area contributed by atoms with E-state index in [2.05, 4.69) is 5.32 Å². The highest BCUT2D eigenvalue weighted by Crippen LogP contribution is 2.15. The average Bonchev–Trinajstić information content (AvgIpc) is 2.83. The van der Waals surface area contributed by atoms with Crippen LogP contribution in [0.4, 0.5) is 0 Å². The molecule has 1 aromatic carbocycles. The van der Waals surface area contributed by atoms with E-state index < -0.39 is 9.84 Å². The van der Waals surface area contributed by atoms with Crippen LogP contribution in [0.25, 0.3) is 0 Å². The zero-order chi connectivity index (χ0) is 16.9. The molecule has 1 amide bonds. The van der Waals surface area contributed by atoms with Crippen molar-refractivity contribution in [3.8, 4) is 0 Å². The second kappa shape index (κ2) is 8.13. The maximum atomic E-state index is 12.1. The lowest BCUT2D eigenvalue weighted by molar-refractivity contribution is -0.122. The van der Waals surface area contributed by atoms with E-state index in [1.54, 1.807) is 0 Å². The normalized spacial score (nSPS) is 19.9. The van der Waals surface area contributed by atoms with Crippen molar-refractivity contribution < 1.29 is 13.2 Å². The highest BCUT2D eigenvalue weighted by molar-refractivity contribution is 7.91. The van der Waals surface area contributed by atoms with Gasteiger partial charge < -0.3 is 5.32 Å². The van der Waals surface area contributed by atoms with Crippen molar-refractivity contribution in [1.29, 1.82) is 0 Å². The molecule has 0 aromatic heterocycles. The Morgan fingerprint density at radius 1 is 1.39 bits per heavy atom. The summed E-state index contributed by atoms with van der Waals surface area (Å²) in [6.45, 7) is 3.76. The van der Waals surface area contributed by atoms with Gasteiger partial charge >= 0.3 is 0 Å². The fraction of sp³-hybridized carbons (Fsp3) is 0.562. The van der Waals surface area contributed by atoms with Crippen molar-refractivity contribution in [3.63, 3.8) is 0 Å². The lowest BCUT2D eigenvalue weighted by atomic mass is 10.1. The molecule has 0 radical (unpaired) electrons. The highest BCUT2D eigenvalue weighted by Gasteiger charge is 2.29. The molecular weight excluding hydrogens is 336 g/mol. The number of nitrogens with one attached hydrogen (secondary N) is 1. The number of halogens is 1. The van der Waals surface area contributed by atoms with E-state index in [1.807, 2.05) is 36.1 Å². The molecule has 128 valence electrons. The first kappa shape index (κ1) is 18.2.